The zero-order valence-electron chi connectivity index (χ0n) is 13.2. The fourth-order valence-corrected chi connectivity index (χ4v) is 2.91. The molecule has 23 heavy (non-hydrogen) atoms. The van der Waals surface area contributed by atoms with E-state index in [-0.39, 0.29) is 5.75 Å². The molecule has 0 bridgehead atoms. The maximum absolute atomic E-state index is 11.5. The standard InChI is InChI=1S/C21H18O2/c1-14-7-3-5-9-17(14)16-11-19(20(13-22)21(23)12-16)18-10-6-4-8-15(18)2/h3-13,23H,1-2H3. The highest BCUT2D eigenvalue weighted by Crippen LogP contribution is 2.36. The Morgan fingerprint density at radius 2 is 1.35 bits per heavy atom. The summed E-state index contributed by atoms with van der Waals surface area (Å²) in [6.07, 6.45) is 0.721. The minimum Gasteiger partial charge on any atom is -0.507 e. The van der Waals surface area contributed by atoms with Gasteiger partial charge in [0.25, 0.3) is 0 Å². The molecule has 3 aromatic carbocycles. The first-order valence-electron chi connectivity index (χ1n) is 7.56. The molecule has 0 spiro atoms. The topological polar surface area (TPSA) is 37.3 Å². The molecular formula is C21H18O2. The predicted molar refractivity (Wildman–Crippen MR) is 93.8 cm³/mol. The van der Waals surface area contributed by atoms with E-state index in [2.05, 4.69) is 0 Å². The van der Waals surface area contributed by atoms with Crippen LogP contribution in [0.2, 0.25) is 0 Å². The van der Waals surface area contributed by atoms with Gasteiger partial charge in [-0.05, 0) is 59.4 Å². The average Bonchev–Trinajstić information content (AvgIpc) is 2.55. The zero-order chi connectivity index (χ0) is 16.4. The number of aryl methyl sites for hydroxylation is 2. The van der Waals surface area contributed by atoms with Crippen LogP contribution in [0.25, 0.3) is 22.3 Å². The first-order valence-corrected chi connectivity index (χ1v) is 7.56. The molecule has 0 unspecified atom stereocenters. The van der Waals surface area contributed by atoms with Crippen LogP contribution in [0, 0.1) is 13.8 Å². The predicted octanol–water partition coefficient (Wildman–Crippen LogP) is 5.16. The van der Waals surface area contributed by atoms with Crippen molar-refractivity contribution >= 4 is 6.29 Å². The summed E-state index contributed by atoms with van der Waals surface area (Å²) in [5.41, 5.74) is 6.20. The van der Waals surface area contributed by atoms with Crippen molar-refractivity contribution in [2.45, 2.75) is 13.8 Å². The Labute approximate surface area is 136 Å². The lowest BCUT2D eigenvalue weighted by Gasteiger charge is -2.14. The second-order valence-corrected chi connectivity index (χ2v) is 5.70. The van der Waals surface area contributed by atoms with Gasteiger partial charge in [0, 0.05) is 0 Å². The van der Waals surface area contributed by atoms with E-state index in [9.17, 15) is 9.90 Å². The number of benzene rings is 3. The fourth-order valence-electron chi connectivity index (χ4n) is 2.91. The van der Waals surface area contributed by atoms with Crippen LogP contribution in [-0.4, -0.2) is 11.4 Å². The summed E-state index contributed by atoms with van der Waals surface area (Å²) in [6, 6.07) is 19.5. The molecule has 0 saturated heterocycles. The van der Waals surface area contributed by atoms with Gasteiger partial charge >= 0.3 is 0 Å². The van der Waals surface area contributed by atoms with Gasteiger partial charge in [0.1, 0.15) is 5.75 Å². The highest BCUT2D eigenvalue weighted by atomic mass is 16.3. The maximum atomic E-state index is 11.5. The molecule has 0 aliphatic rings. The van der Waals surface area contributed by atoms with E-state index in [1.165, 1.54) is 0 Å². The number of phenols is 1. The Morgan fingerprint density at radius 1 is 0.783 bits per heavy atom. The minimum absolute atomic E-state index is 0.0130. The van der Waals surface area contributed by atoms with Gasteiger partial charge in [0.05, 0.1) is 5.56 Å². The maximum Gasteiger partial charge on any atom is 0.154 e. The van der Waals surface area contributed by atoms with Crippen molar-refractivity contribution in [3.05, 3.63) is 77.4 Å². The van der Waals surface area contributed by atoms with E-state index in [4.69, 9.17) is 0 Å². The number of hydrogen-bond acceptors (Lipinski definition) is 2. The SMILES string of the molecule is Cc1ccccc1-c1cc(O)c(C=O)c(-c2ccccc2C)c1. The number of phenolic OH excluding ortho intramolecular Hbond substituents is 1. The molecule has 0 radical (unpaired) electrons. The highest BCUT2D eigenvalue weighted by Gasteiger charge is 2.14. The summed E-state index contributed by atoms with van der Waals surface area (Å²) in [6.45, 7) is 4.04. The minimum atomic E-state index is 0.0130. The summed E-state index contributed by atoms with van der Waals surface area (Å²) in [5, 5.41) is 10.3. The fraction of sp³-hybridized carbons (Fsp3) is 0.0952. The lowest BCUT2D eigenvalue weighted by molar-refractivity contribution is 0.112. The van der Waals surface area contributed by atoms with Crippen molar-refractivity contribution in [3.8, 4) is 28.0 Å². The number of hydrogen-bond donors (Lipinski definition) is 1. The number of carbonyl (C=O) groups is 1. The van der Waals surface area contributed by atoms with Gasteiger partial charge in [-0.15, -0.1) is 0 Å². The van der Waals surface area contributed by atoms with E-state index in [1.807, 2.05) is 68.4 Å². The summed E-state index contributed by atoms with van der Waals surface area (Å²) in [5.74, 6) is 0.0130. The smallest absolute Gasteiger partial charge is 0.154 e. The molecule has 3 rings (SSSR count). The molecule has 1 N–H and O–H groups in total. The van der Waals surface area contributed by atoms with Gasteiger partial charge in [-0.3, -0.25) is 4.79 Å². The van der Waals surface area contributed by atoms with E-state index in [0.717, 1.165) is 39.7 Å². The third-order valence-electron chi connectivity index (χ3n) is 4.17. The average molecular weight is 302 g/mol. The molecule has 2 nitrogen and oxygen atoms in total. The Morgan fingerprint density at radius 3 is 1.91 bits per heavy atom. The third kappa shape index (κ3) is 2.76. The molecule has 0 aliphatic heterocycles. The Kier molecular flexibility index (Phi) is 3.98. The first-order chi connectivity index (χ1) is 11.1. The van der Waals surface area contributed by atoms with E-state index >= 15 is 0 Å². The van der Waals surface area contributed by atoms with Gasteiger partial charge in [0.15, 0.2) is 6.29 Å². The molecule has 0 atom stereocenters. The number of rotatable bonds is 3. The summed E-state index contributed by atoms with van der Waals surface area (Å²) >= 11 is 0. The second-order valence-electron chi connectivity index (χ2n) is 5.70. The molecule has 114 valence electrons. The van der Waals surface area contributed by atoms with Crippen LogP contribution < -0.4 is 0 Å². The first kappa shape index (κ1) is 15.0. The van der Waals surface area contributed by atoms with Crippen LogP contribution in [0.15, 0.2) is 60.7 Å². The van der Waals surface area contributed by atoms with Gasteiger partial charge < -0.3 is 5.11 Å². The monoisotopic (exact) mass is 302 g/mol. The number of aromatic hydroxyl groups is 1. The quantitative estimate of drug-likeness (QED) is 0.679. The normalized spacial score (nSPS) is 10.5. The van der Waals surface area contributed by atoms with Gasteiger partial charge in [-0.1, -0.05) is 48.5 Å². The van der Waals surface area contributed by atoms with Crippen molar-refractivity contribution < 1.29 is 9.90 Å². The van der Waals surface area contributed by atoms with Crippen molar-refractivity contribution in [2.75, 3.05) is 0 Å². The summed E-state index contributed by atoms with van der Waals surface area (Å²) < 4.78 is 0. The molecule has 0 fully saturated rings. The van der Waals surface area contributed by atoms with Crippen LogP contribution in [0.4, 0.5) is 0 Å². The molecule has 0 aromatic heterocycles. The van der Waals surface area contributed by atoms with Crippen LogP contribution in [0.1, 0.15) is 21.5 Å². The molecule has 0 saturated carbocycles. The largest absolute Gasteiger partial charge is 0.507 e. The van der Waals surface area contributed by atoms with Crippen LogP contribution in [0.3, 0.4) is 0 Å². The summed E-state index contributed by atoms with van der Waals surface area (Å²) in [7, 11) is 0. The van der Waals surface area contributed by atoms with Crippen LogP contribution in [-0.2, 0) is 0 Å². The van der Waals surface area contributed by atoms with Crippen molar-refractivity contribution in [1.29, 1.82) is 0 Å². The van der Waals surface area contributed by atoms with Crippen LogP contribution in [0.5, 0.6) is 5.75 Å². The molecule has 0 heterocycles. The molecular weight excluding hydrogens is 284 g/mol. The van der Waals surface area contributed by atoms with E-state index < -0.39 is 0 Å². The molecule has 0 amide bonds. The highest BCUT2D eigenvalue weighted by molar-refractivity contribution is 5.94. The van der Waals surface area contributed by atoms with Crippen molar-refractivity contribution in [2.24, 2.45) is 0 Å². The van der Waals surface area contributed by atoms with Gasteiger partial charge in [0.2, 0.25) is 0 Å². The Hall–Kier alpha value is -2.87. The Balaban J connectivity index is 2.29. The van der Waals surface area contributed by atoms with Gasteiger partial charge in [-0.2, -0.15) is 0 Å². The zero-order valence-corrected chi connectivity index (χ0v) is 13.2. The van der Waals surface area contributed by atoms with Crippen molar-refractivity contribution in [1.82, 2.24) is 0 Å². The molecule has 2 heteroatoms. The number of aldehydes is 1. The Bertz CT molecular complexity index is 879. The number of carbonyl (C=O) groups excluding carboxylic acids is 1. The van der Waals surface area contributed by atoms with E-state index in [0.29, 0.717) is 5.56 Å². The third-order valence-corrected chi connectivity index (χ3v) is 4.17. The lowest BCUT2D eigenvalue weighted by atomic mass is 9.91. The molecule has 0 aliphatic carbocycles. The van der Waals surface area contributed by atoms with E-state index in [1.54, 1.807) is 6.07 Å². The van der Waals surface area contributed by atoms with Crippen molar-refractivity contribution in [3.63, 3.8) is 0 Å². The molecule has 3 aromatic rings. The lowest BCUT2D eigenvalue weighted by Crippen LogP contribution is -1.93. The van der Waals surface area contributed by atoms with Crippen LogP contribution >= 0.6 is 0 Å². The summed E-state index contributed by atoms with van der Waals surface area (Å²) in [4.78, 5) is 11.5. The van der Waals surface area contributed by atoms with Gasteiger partial charge in [-0.25, -0.2) is 0 Å². The second kappa shape index (κ2) is 6.09.